The number of hydrogen-bond acceptors (Lipinski definition) is 25. The van der Waals surface area contributed by atoms with Gasteiger partial charge < -0.3 is 86.8 Å². The molecular weight excluding hydrogens is 1300 g/mol. The highest BCUT2D eigenvalue weighted by molar-refractivity contribution is 6.66. The molecule has 3 fully saturated rings. The van der Waals surface area contributed by atoms with Gasteiger partial charge in [-0.2, -0.15) is 0 Å². The number of carbonyl (C=O) groups is 6. The Hall–Kier alpha value is -2.04. The first kappa shape index (κ1) is 88.0. The van der Waals surface area contributed by atoms with Crippen LogP contribution in [0.5, 0.6) is 0 Å². The molecule has 34 heteroatoms. The third kappa shape index (κ3) is 30.0. The van der Waals surface area contributed by atoms with Gasteiger partial charge in [0.15, 0.2) is 0 Å². The standard InChI is InChI=1S/C22H46N2O8Si2.C20H42N2O6Si2.C16H34N2O8Si2/c1-7-27-33(28-8-2,29-9-3)17-13-15-23-20-19-21(25)24(22(20)26)16-14-18-34(30-10-4,31-11-5)32-12-6;1-7-25-29(5,26-8-2)15-11-13-21-18-17-19(23)22(20(18)24)14-12-16-30(6,27-9-3)28-10-4;1-21-27(22-2,23-3)11-7-9-17-14-13-15(19)18(16(14)20)10-8-12-28(24-4,25-5)26-6/h20,23H,7-19H2,1-6H3;18,21H,7-17H2,1-6H3;14,17H,7-13H2,1-6H3. The Morgan fingerprint density at radius 3 is 0.772 bits per heavy atom. The topological polar surface area (TPSA) is 296 Å². The van der Waals surface area contributed by atoms with E-state index in [1.54, 1.807) is 42.7 Å². The molecule has 540 valence electrons. The van der Waals surface area contributed by atoms with E-state index < -0.39 is 70.5 Å². The second-order valence-electron chi connectivity index (χ2n) is 22.0. The lowest BCUT2D eigenvalue weighted by Gasteiger charge is -2.29. The molecule has 0 spiro atoms. The fourth-order valence-electron chi connectivity index (χ4n) is 11.3. The Labute approximate surface area is 558 Å². The van der Waals surface area contributed by atoms with Crippen LogP contribution in [0.3, 0.4) is 0 Å². The van der Waals surface area contributed by atoms with Crippen LogP contribution in [0.15, 0.2) is 0 Å². The number of carbonyl (C=O) groups excluding carboxylic acids is 6. The molecule has 6 amide bonds. The summed E-state index contributed by atoms with van der Waals surface area (Å²) in [5, 5.41) is 9.65. The van der Waals surface area contributed by atoms with Gasteiger partial charge >= 0.3 is 52.3 Å². The number of nitrogens with one attached hydrogen (secondary N) is 3. The molecule has 0 aliphatic carbocycles. The summed E-state index contributed by atoms with van der Waals surface area (Å²) in [5.74, 6) is -0.915. The first-order chi connectivity index (χ1) is 44.0. The monoisotopic (exact) mass is 1420 g/mol. The molecule has 0 aromatic rings. The van der Waals surface area contributed by atoms with E-state index in [1.165, 1.54) is 14.7 Å². The van der Waals surface area contributed by atoms with Crippen LogP contribution >= 0.6 is 0 Å². The summed E-state index contributed by atoms with van der Waals surface area (Å²) in [4.78, 5) is 79.2. The normalized spacial score (nSPS) is 17.8. The Kier molecular flexibility index (Phi) is 45.7. The summed E-state index contributed by atoms with van der Waals surface area (Å²) in [6, 6.07) is 2.59. The SMILES string of the molecule is CCO[Si](C)(CCCNC1CC(=O)N(CCC[Si](C)(OCC)OCC)C1=O)OCC.CCO[Si](CCCNC1CC(=O)N(CCC[Si](OCC)(OCC)OCC)C1=O)(OCC)OCC.CO[Si](CCCNC1CC(=O)N(CCC[Si](OC)(OC)OC)C1=O)(OC)OC. The third-order valence-electron chi connectivity index (χ3n) is 15.6. The zero-order valence-electron chi connectivity index (χ0n) is 59.5. The first-order valence-electron chi connectivity index (χ1n) is 33.4. The highest BCUT2D eigenvalue weighted by atomic mass is 28.4. The molecule has 3 atom stereocenters. The average molecular weight is 1420 g/mol. The minimum atomic E-state index is -2.79. The smallest absolute Gasteiger partial charge is 0.395 e. The van der Waals surface area contributed by atoms with E-state index in [-0.39, 0.29) is 54.7 Å². The molecule has 0 radical (unpaired) electrons. The average Bonchev–Trinajstić information content (AvgIpc) is 1.78. The Morgan fingerprint density at radius 1 is 0.315 bits per heavy atom. The number of hydrogen-bond donors (Lipinski definition) is 3. The van der Waals surface area contributed by atoms with Gasteiger partial charge in [0.2, 0.25) is 35.4 Å². The number of amides is 6. The van der Waals surface area contributed by atoms with E-state index in [0.29, 0.717) is 155 Å². The van der Waals surface area contributed by atoms with Crippen LogP contribution in [0, 0.1) is 0 Å². The van der Waals surface area contributed by atoms with Crippen molar-refractivity contribution in [1.82, 2.24) is 30.7 Å². The molecule has 0 aromatic heterocycles. The van der Waals surface area contributed by atoms with Crippen LogP contribution in [0.25, 0.3) is 0 Å². The van der Waals surface area contributed by atoms with Crippen molar-refractivity contribution >= 4 is 87.8 Å². The van der Waals surface area contributed by atoms with Crippen LogP contribution in [-0.4, -0.2) is 269 Å². The summed E-state index contributed by atoms with van der Waals surface area (Å²) in [7, 11) is -5.86. The zero-order valence-corrected chi connectivity index (χ0v) is 65.5. The van der Waals surface area contributed by atoms with Crippen LogP contribution < -0.4 is 16.0 Å². The molecular formula is C58H122N6O22Si6. The van der Waals surface area contributed by atoms with Crippen molar-refractivity contribution in [2.75, 3.05) is 148 Å². The molecule has 0 saturated carbocycles. The van der Waals surface area contributed by atoms with Crippen molar-refractivity contribution in [3.05, 3.63) is 0 Å². The highest BCUT2D eigenvalue weighted by Crippen LogP contribution is 2.25. The van der Waals surface area contributed by atoms with Gasteiger partial charge in [0.1, 0.15) is 0 Å². The van der Waals surface area contributed by atoms with Crippen molar-refractivity contribution in [2.24, 2.45) is 0 Å². The number of likely N-dealkylation sites (tertiary alicyclic amines) is 3. The fraction of sp³-hybridized carbons (Fsp3) is 0.897. The second kappa shape index (κ2) is 47.8. The maximum absolute atomic E-state index is 12.8. The molecule has 3 aliphatic heterocycles. The third-order valence-corrected chi connectivity index (χ3v) is 33.7. The molecule has 3 unspecified atom stereocenters. The maximum Gasteiger partial charge on any atom is 0.500 e. The molecule has 3 saturated heterocycles. The van der Waals surface area contributed by atoms with Gasteiger partial charge in [-0.3, -0.25) is 43.5 Å². The fourth-order valence-corrected chi connectivity index (χ4v) is 24.7. The van der Waals surface area contributed by atoms with E-state index in [2.05, 4.69) is 22.5 Å². The Bertz CT molecular complexity index is 2020. The number of nitrogens with zero attached hydrogens (tertiary/aromatic N) is 3. The maximum atomic E-state index is 12.8. The minimum Gasteiger partial charge on any atom is -0.395 e. The van der Waals surface area contributed by atoms with Gasteiger partial charge in [0.25, 0.3) is 0 Å². The van der Waals surface area contributed by atoms with Gasteiger partial charge in [-0.25, -0.2) is 0 Å². The predicted octanol–water partition coefficient (Wildman–Crippen LogP) is 5.59. The van der Waals surface area contributed by atoms with Crippen molar-refractivity contribution < 1.29 is 99.6 Å². The molecule has 3 rings (SSSR count). The molecule has 3 heterocycles. The largest absolute Gasteiger partial charge is 0.500 e. The number of rotatable bonds is 53. The lowest BCUT2D eigenvalue weighted by molar-refractivity contribution is -0.140. The van der Waals surface area contributed by atoms with E-state index in [9.17, 15) is 28.8 Å². The van der Waals surface area contributed by atoms with Gasteiger partial charge in [-0.05, 0) is 153 Å². The van der Waals surface area contributed by atoms with E-state index in [0.717, 1.165) is 24.9 Å². The van der Waals surface area contributed by atoms with Crippen molar-refractivity contribution in [3.63, 3.8) is 0 Å². The molecule has 92 heavy (non-hydrogen) atoms. The lowest BCUT2D eigenvalue weighted by atomic mass is 10.2. The van der Waals surface area contributed by atoms with Gasteiger partial charge in [-0.1, -0.05) is 0 Å². The first-order valence-corrected chi connectivity index (χ1v) is 46.2. The Morgan fingerprint density at radius 2 is 0.522 bits per heavy atom. The molecule has 0 bridgehead atoms. The van der Waals surface area contributed by atoms with E-state index in [4.69, 9.17) is 70.8 Å². The predicted molar refractivity (Wildman–Crippen MR) is 360 cm³/mol. The summed E-state index contributed by atoms with van der Waals surface area (Å²) < 4.78 is 90.8. The highest BCUT2D eigenvalue weighted by Gasteiger charge is 2.46. The lowest BCUT2D eigenvalue weighted by Crippen LogP contribution is -2.47. The van der Waals surface area contributed by atoms with Crippen molar-refractivity contribution in [2.45, 2.75) is 195 Å². The molecule has 28 nitrogen and oxygen atoms in total. The Balaban J connectivity index is 0.000000693. The van der Waals surface area contributed by atoms with Crippen LogP contribution in [0.2, 0.25) is 49.4 Å². The molecule has 3 N–H and O–H groups in total. The van der Waals surface area contributed by atoms with E-state index in [1.807, 2.05) is 75.8 Å². The van der Waals surface area contributed by atoms with Crippen LogP contribution in [-0.2, 0) is 99.6 Å². The summed E-state index contributed by atoms with van der Waals surface area (Å²) in [6.45, 7) is 32.0. The van der Waals surface area contributed by atoms with E-state index >= 15 is 0 Å². The summed E-state index contributed by atoms with van der Waals surface area (Å²) >= 11 is 0. The summed E-state index contributed by atoms with van der Waals surface area (Å²) in [5.41, 5.74) is 0. The summed E-state index contributed by atoms with van der Waals surface area (Å²) in [6.07, 6.45) is 4.73. The zero-order chi connectivity index (χ0) is 69.3. The van der Waals surface area contributed by atoms with Gasteiger partial charge in [0, 0.05) is 153 Å². The molecule has 0 aromatic carbocycles. The molecule has 3 aliphatic rings. The number of imide groups is 3. The second-order valence-corrected chi connectivity index (χ2v) is 40.3. The van der Waals surface area contributed by atoms with Crippen LogP contribution in [0.4, 0.5) is 0 Å². The van der Waals surface area contributed by atoms with Gasteiger partial charge in [-0.15, -0.1) is 0 Å². The quantitative estimate of drug-likeness (QED) is 0.0380. The van der Waals surface area contributed by atoms with Crippen LogP contribution in [0.1, 0.15) is 127 Å². The van der Waals surface area contributed by atoms with Gasteiger partial charge in [0.05, 0.1) is 37.4 Å². The minimum absolute atomic E-state index is 0.100. The van der Waals surface area contributed by atoms with Crippen molar-refractivity contribution in [3.8, 4) is 0 Å². The van der Waals surface area contributed by atoms with Crippen molar-refractivity contribution in [1.29, 1.82) is 0 Å².